The highest BCUT2D eigenvalue weighted by Gasteiger charge is 2.15. The highest BCUT2D eigenvalue weighted by Crippen LogP contribution is 2.30. The van der Waals surface area contributed by atoms with Gasteiger partial charge < -0.3 is 10.8 Å². The van der Waals surface area contributed by atoms with Crippen molar-refractivity contribution >= 4 is 17.3 Å². The first-order chi connectivity index (χ1) is 7.58. The monoisotopic (exact) mass is 241 g/mol. The summed E-state index contributed by atoms with van der Waals surface area (Å²) in [5.41, 5.74) is 7.20. The Hall–Kier alpha value is -0.730. The first-order valence-corrected chi connectivity index (χ1v) is 6.19. The fraction of sp³-hybridized carbons (Fsp3) is 0.538. The van der Waals surface area contributed by atoms with Gasteiger partial charge >= 0.3 is 0 Å². The molecule has 1 aromatic rings. The van der Waals surface area contributed by atoms with Crippen molar-refractivity contribution in [3.05, 3.63) is 28.8 Å². The van der Waals surface area contributed by atoms with Gasteiger partial charge in [0.15, 0.2) is 0 Å². The Kier molecular flexibility index (Phi) is 5.10. The van der Waals surface area contributed by atoms with Crippen molar-refractivity contribution in [2.24, 2.45) is 5.92 Å². The molecule has 0 aliphatic carbocycles. The maximum atomic E-state index is 10.1. The minimum Gasteiger partial charge on any atom is -0.398 e. The molecular formula is C13H20ClNO. The minimum atomic E-state index is -0.484. The zero-order chi connectivity index (χ0) is 12.1. The van der Waals surface area contributed by atoms with Crippen LogP contribution in [-0.2, 0) is 0 Å². The molecule has 0 fully saturated rings. The number of nitrogen functional groups attached to an aromatic ring is 1. The molecule has 2 nitrogen and oxygen atoms in total. The molecule has 3 heteroatoms. The summed E-state index contributed by atoms with van der Waals surface area (Å²) in [6.07, 6.45) is 2.45. The number of aliphatic hydroxyl groups is 1. The van der Waals surface area contributed by atoms with Crippen LogP contribution in [0.3, 0.4) is 0 Å². The van der Waals surface area contributed by atoms with E-state index in [0.717, 1.165) is 24.8 Å². The summed E-state index contributed by atoms with van der Waals surface area (Å²) >= 11 is 5.82. The summed E-state index contributed by atoms with van der Waals surface area (Å²) in [7, 11) is 0. The molecule has 0 bridgehead atoms. The molecule has 0 saturated heterocycles. The van der Waals surface area contributed by atoms with Crippen molar-refractivity contribution < 1.29 is 5.11 Å². The van der Waals surface area contributed by atoms with Crippen LogP contribution in [0.4, 0.5) is 5.69 Å². The van der Waals surface area contributed by atoms with Crippen LogP contribution < -0.4 is 5.73 Å². The Labute approximate surface area is 102 Å². The lowest BCUT2D eigenvalue weighted by molar-refractivity contribution is 0.142. The molecule has 0 radical (unpaired) electrons. The van der Waals surface area contributed by atoms with E-state index in [2.05, 4.69) is 13.8 Å². The van der Waals surface area contributed by atoms with Crippen LogP contribution in [0.15, 0.2) is 18.2 Å². The number of nitrogens with two attached hydrogens (primary N) is 1. The summed E-state index contributed by atoms with van der Waals surface area (Å²) < 4.78 is 0. The first-order valence-electron chi connectivity index (χ1n) is 5.81. The number of hydrogen-bond acceptors (Lipinski definition) is 2. The van der Waals surface area contributed by atoms with E-state index in [9.17, 15) is 5.11 Å². The van der Waals surface area contributed by atoms with Gasteiger partial charge in [-0.3, -0.25) is 0 Å². The molecule has 0 aliphatic rings. The predicted octanol–water partition coefficient (Wildman–Crippen LogP) is 3.78. The van der Waals surface area contributed by atoms with Gasteiger partial charge in [-0.05, 0) is 24.5 Å². The molecule has 0 amide bonds. The van der Waals surface area contributed by atoms with E-state index in [0.29, 0.717) is 16.6 Å². The summed E-state index contributed by atoms with van der Waals surface area (Å²) in [5.74, 6) is 0.546. The van der Waals surface area contributed by atoms with Gasteiger partial charge in [0.2, 0.25) is 0 Å². The van der Waals surface area contributed by atoms with E-state index < -0.39 is 6.10 Å². The topological polar surface area (TPSA) is 46.2 Å². The van der Waals surface area contributed by atoms with Gasteiger partial charge in [0.1, 0.15) is 0 Å². The van der Waals surface area contributed by atoms with Crippen molar-refractivity contribution in [1.29, 1.82) is 0 Å². The van der Waals surface area contributed by atoms with Crippen molar-refractivity contribution in [1.82, 2.24) is 0 Å². The molecule has 3 N–H and O–H groups in total. The quantitative estimate of drug-likeness (QED) is 0.771. The number of anilines is 1. The van der Waals surface area contributed by atoms with Crippen LogP contribution in [0.5, 0.6) is 0 Å². The van der Waals surface area contributed by atoms with Gasteiger partial charge in [-0.1, -0.05) is 44.4 Å². The first kappa shape index (κ1) is 13.3. The lowest BCUT2D eigenvalue weighted by atomic mass is 9.92. The molecule has 1 atom stereocenters. The fourth-order valence-corrected chi connectivity index (χ4v) is 2.09. The molecule has 0 aliphatic heterocycles. The minimum absolute atomic E-state index is 0.484. The van der Waals surface area contributed by atoms with Crippen LogP contribution in [0.25, 0.3) is 0 Å². The van der Waals surface area contributed by atoms with E-state index in [1.54, 1.807) is 12.1 Å². The lowest BCUT2D eigenvalue weighted by Gasteiger charge is -2.19. The van der Waals surface area contributed by atoms with Gasteiger partial charge in [-0.2, -0.15) is 0 Å². The van der Waals surface area contributed by atoms with Gasteiger partial charge in [0.25, 0.3) is 0 Å². The highest BCUT2D eigenvalue weighted by atomic mass is 35.5. The summed E-state index contributed by atoms with van der Waals surface area (Å²) in [6, 6.07) is 5.26. The number of benzene rings is 1. The molecule has 90 valence electrons. The maximum absolute atomic E-state index is 10.1. The summed E-state index contributed by atoms with van der Waals surface area (Å²) in [6.45, 7) is 4.29. The van der Waals surface area contributed by atoms with Crippen LogP contribution in [-0.4, -0.2) is 5.11 Å². The van der Waals surface area contributed by atoms with Crippen molar-refractivity contribution in [2.75, 3.05) is 5.73 Å². The zero-order valence-corrected chi connectivity index (χ0v) is 10.7. The Bertz CT molecular complexity index is 337. The third-order valence-electron chi connectivity index (χ3n) is 3.12. The summed E-state index contributed by atoms with van der Waals surface area (Å²) in [5, 5.41) is 10.7. The molecule has 0 spiro atoms. The second kappa shape index (κ2) is 6.12. The van der Waals surface area contributed by atoms with Gasteiger partial charge in [0, 0.05) is 16.3 Å². The van der Waals surface area contributed by atoms with E-state index in [4.69, 9.17) is 17.3 Å². The molecule has 1 aromatic carbocycles. The van der Waals surface area contributed by atoms with E-state index in [1.165, 1.54) is 0 Å². The Morgan fingerprint density at radius 1 is 1.31 bits per heavy atom. The Balaban J connectivity index is 2.76. The zero-order valence-electron chi connectivity index (χ0n) is 9.91. The third-order valence-corrected chi connectivity index (χ3v) is 3.35. The van der Waals surface area contributed by atoms with E-state index in [-0.39, 0.29) is 0 Å². The predicted molar refractivity (Wildman–Crippen MR) is 69.5 cm³/mol. The molecule has 16 heavy (non-hydrogen) atoms. The van der Waals surface area contributed by atoms with Crippen molar-refractivity contribution in [2.45, 2.75) is 39.2 Å². The maximum Gasteiger partial charge on any atom is 0.0812 e. The van der Waals surface area contributed by atoms with E-state index in [1.807, 2.05) is 6.07 Å². The summed E-state index contributed by atoms with van der Waals surface area (Å²) in [4.78, 5) is 0. The highest BCUT2D eigenvalue weighted by molar-refractivity contribution is 6.30. The number of aliphatic hydroxyl groups excluding tert-OH is 1. The van der Waals surface area contributed by atoms with Gasteiger partial charge in [-0.15, -0.1) is 0 Å². The van der Waals surface area contributed by atoms with Crippen LogP contribution >= 0.6 is 11.6 Å². The average molecular weight is 242 g/mol. The molecule has 1 rings (SSSR count). The Morgan fingerprint density at radius 3 is 2.44 bits per heavy atom. The smallest absolute Gasteiger partial charge is 0.0812 e. The van der Waals surface area contributed by atoms with Crippen molar-refractivity contribution in [3.63, 3.8) is 0 Å². The lowest BCUT2D eigenvalue weighted by Crippen LogP contribution is -2.08. The molecule has 0 heterocycles. The number of rotatable bonds is 5. The second-order valence-corrected chi connectivity index (χ2v) is 4.64. The molecule has 0 aromatic heterocycles. The van der Waals surface area contributed by atoms with Gasteiger partial charge in [0.05, 0.1) is 6.10 Å². The van der Waals surface area contributed by atoms with Gasteiger partial charge in [-0.25, -0.2) is 0 Å². The SMILES string of the molecule is CCC(CC)CC(O)c1ccc(Cl)cc1N. The van der Waals surface area contributed by atoms with Crippen molar-refractivity contribution in [3.8, 4) is 0 Å². The van der Waals surface area contributed by atoms with Crippen LogP contribution in [0.1, 0.15) is 44.8 Å². The average Bonchev–Trinajstić information content (AvgIpc) is 2.25. The normalized spacial score (nSPS) is 13.1. The van der Waals surface area contributed by atoms with Crippen LogP contribution in [0, 0.1) is 5.92 Å². The molecule has 1 unspecified atom stereocenters. The van der Waals surface area contributed by atoms with Crippen LogP contribution in [0.2, 0.25) is 5.02 Å². The third kappa shape index (κ3) is 3.39. The molecular weight excluding hydrogens is 222 g/mol. The second-order valence-electron chi connectivity index (χ2n) is 4.21. The number of hydrogen-bond donors (Lipinski definition) is 2. The molecule has 0 saturated carbocycles. The Morgan fingerprint density at radius 2 is 1.94 bits per heavy atom. The number of halogens is 1. The standard InChI is InChI=1S/C13H20ClNO/c1-3-9(4-2)7-13(16)11-6-5-10(14)8-12(11)15/h5-6,8-9,13,16H,3-4,7,15H2,1-2H3. The van der Waals surface area contributed by atoms with E-state index >= 15 is 0 Å². The fourth-order valence-electron chi connectivity index (χ4n) is 1.91. The largest absolute Gasteiger partial charge is 0.398 e.